The number of amides is 1. The number of fused-ring (bicyclic) bond motifs is 3. The number of allylic oxidation sites excluding steroid dienone is 1. The molecule has 2 aliphatic carbocycles. The molecule has 8 heteroatoms. The zero-order valence-corrected chi connectivity index (χ0v) is 20.4. The summed E-state index contributed by atoms with van der Waals surface area (Å²) < 4.78 is 18.3. The average molecular weight is 441 g/mol. The Morgan fingerprint density at radius 2 is 1.88 bits per heavy atom. The van der Waals surface area contributed by atoms with E-state index in [1.54, 1.807) is 0 Å². The van der Waals surface area contributed by atoms with Crippen LogP contribution in [0.15, 0.2) is 5.47 Å². The maximum Gasteiger partial charge on any atom is 0.490 e. The number of carbonyl (C=O) groups excluding carboxylic acids is 1. The van der Waals surface area contributed by atoms with Gasteiger partial charge in [-0.3, -0.25) is 4.90 Å². The molecule has 4 aliphatic rings. The number of aryl methyl sites for hydroxylation is 1. The summed E-state index contributed by atoms with van der Waals surface area (Å²) in [6.07, 6.45) is 6.84. The number of piperidine rings is 1. The van der Waals surface area contributed by atoms with Crippen molar-refractivity contribution in [3.63, 3.8) is 0 Å². The fourth-order valence-electron chi connectivity index (χ4n) is 5.51. The number of carbonyl (C=O) groups is 1. The third kappa shape index (κ3) is 3.59. The number of aromatic amines is 1. The van der Waals surface area contributed by atoms with Crippen molar-refractivity contribution < 1.29 is 18.8 Å². The van der Waals surface area contributed by atoms with Gasteiger partial charge in [0, 0.05) is 6.04 Å². The molecule has 1 aromatic heterocycles. The van der Waals surface area contributed by atoms with Gasteiger partial charge in [0.25, 0.3) is 0 Å². The average Bonchev–Trinajstić information content (AvgIpc) is 3.41. The second-order valence-electron chi connectivity index (χ2n) is 11.8. The number of rotatable bonds is 2. The van der Waals surface area contributed by atoms with Crippen LogP contribution in [0.25, 0.3) is 6.08 Å². The molecule has 5 rings (SSSR count). The first-order valence-electron chi connectivity index (χ1n) is 12.0. The molecule has 3 heterocycles. The third-order valence-electron chi connectivity index (χ3n) is 7.83. The lowest BCUT2D eigenvalue weighted by Gasteiger charge is -2.35. The minimum Gasteiger partial charge on any atom is -0.444 e. The maximum absolute atomic E-state index is 13.0. The van der Waals surface area contributed by atoms with Crippen LogP contribution >= 0.6 is 0 Å². The highest BCUT2D eigenvalue weighted by atomic mass is 16.7. The standard InChI is InChI=1S/C24H36BN3O4/c1-22(2,3)30-21(29)28-16-10-8-14(12-16)19(28)20-26-17-11-9-15(13-18(17)27-20)25-31-23(4,5)24(6,7)32-25/h13-14,16,19H,8-12H2,1-7H3,(H,26,27)/t14-,16+,19-/m0/s1. The smallest absolute Gasteiger partial charge is 0.444 e. The molecule has 0 radical (unpaired) electrons. The van der Waals surface area contributed by atoms with E-state index in [-0.39, 0.29) is 36.5 Å². The molecule has 0 aromatic carbocycles. The van der Waals surface area contributed by atoms with E-state index in [9.17, 15) is 4.79 Å². The lowest BCUT2D eigenvalue weighted by atomic mass is 9.73. The van der Waals surface area contributed by atoms with Gasteiger partial charge >= 0.3 is 13.2 Å². The fraction of sp³-hybridized carbons (Fsp3) is 0.750. The Labute approximate surface area is 191 Å². The number of nitrogens with one attached hydrogen (secondary N) is 1. The fourth-order valence-corrected chi connectivity index (χ4v) is 5.51. The monoisotopic (exact) mass is 441 g/mol. The first-order chi connectivity index (χ1) is 14.8. The Bertz CT molecular complexity index is 945. The van der Waals surface area contributed by atoms with Crippen LogP contribution in [-0.2, 0) is 20.5 Å². The molecule has 1 amide bonds. The van der Waals surface area contributed by atoms with E-state index in [4.69, 9.17) is 19.0 Å². The van der Waals surface area contributed by atoms with Gasteiger partial charge in [0.2, 0.25) is 0 Å². The van der Waals surface area contributed by atoms with Crippen molar-refractivity contribution in [1.29, 1.82) is 0 Å². The van der Waals surface area contributed by atoms with Gasteiger partial charge in [-0.2, -0.15) is 0 Å². The van der Waals surface area contributed by atoms with Gasteiger partial charge in [-0.15, -0.1) is 0 Å². The van der Waals surface area contributed by atoms with Crippen molar-refractivity contribution in [2.45, 2.75) is 109 Å². The molecule has 0 unspecified atom stereocenters. The second-order valence-corrected chi connectivity index (χ2v) is 11.8. The number of nitrogens with zero attached hydrogens (tertiary/aromatic N) is 2. The van der Waals surface area contributed by atoms with E-state index >= 15 is 0 Å². The number of hydrogen-bond donors (Lipinski definition) is 1. The molecule has 7 nitrogen and oxygen atoms in total. The summed E-state index contributed by atoms with van der Waals surface area (Å²) in [6.45, 7) is 14.1. The summed E-state index contributed by atoms with van der Waals surface area (Å²) >= 11 is 0. The predicted molar refractivity (Wildman–Crippen MR) is 123 cm³/mol. The van der Waals surface area contributed by atoms with Crippen LogP contribution in [0, 0.1) is 5.92 Å². The molecule has 1 aromatic rings. The van der Waals surface area contributed by atoms with E-state index in [1.807, 2.05) is 25.7 Å². The molecule has 1 saturated carbocycles. The highest BCUT2D eigenvalue weighted by molar-refractivity contribution is 6.55. The van der Waals surface area contributed by atoms with Gasteiger partial charge in [-0.25, -0.2) is 9.78 Å². The molecule has 32 heavy (non-hydrogen) atoms. The number of H-pyrrole nitrogens is 1. The van der Waals surface area contributed by atoms with Crippen molar-refractivity contribution in [2.24, 2.45) is 5.92 Å². The number of hydrogen-bond acceptors (Lipinski definition) is 5. The predicted octanol–water partition coefficient (Wildman–Crippen LogP) is 4.83. The van der Waals surface area contributed by atoms with Crippen LogP contribution < -0.4 is 0 Å². The summed E-state index contributed by atoms with van der Waals surface area (Å²) in [4.78, 5) is 23.5. The van der Waals surface area contributed by atoms with Crippen molar-refractivity contribution >= 4 is 19.3 Å². The molecular weight excluding hydrogens is 405 g/mol. The van der Waals surface area contributed by atoms with Gasteiger partial charge < -0.3 is 19.0 Å². The largest absolute Gasteiger partial charge is 0.490 e. The van der Waals surface area contributed by atoms with Crippen LogP contribution in [0.3, 0.4) is 0 Å². The minimum absolute atomic E-state index is 0.0390. The van der Waals surface area contributed by atoms with Gasteiger partial charge in [-0.1, -0.05) is 0 Å². The highest BCUT2D eigenvalue weighted by Gasteiger charge is 2.53. The quantitative estimate of drug-likeness (QED) is 0.666. The summed E-state index contributed by atoms with van der Waals surface area (Å²) in [5.74, 6) is 1.33. The van der Waals surface area contributed by atoms with Crippen LogP contribution in [0.5, 0.6) is 0 Å². The van der Waals surface area contributed by atoms with E-state index in [2.05, 4.69) is 38.8 Å². The Balaban J connectivity index is 1.40. The number of imidazole rings is 1. The van der Waals surface area contributed by atoms with Gasteiger partial charge in [0.1, 0.15) is 11.4 Å². The van der Waals surface area contributed by atoms with Gasteiger partial charge in [-0.05, 0) is 98.0 Å². The molecule has 2 saturated heterocycles. The molecule has 0 spiro atoms. The Morgan fingerprint density at radius 3 is 2.53 bits per heavy atom. The van der Waals surface area contributed by atoms with Crippen molar-refractivity contribution in [3.8, 4) is 0 Å². The number of aromatic nitrogens is 2. The Morgan fingerprint density at radius 1 is 1.19 bits per heavy atom. The van der Waals surface area contributed by atoms with Crippen molar-refractivity contribution in [1.82, 2.24) is 14.9 Å². The second kappa shape index (κ2) is 7.10. The lowest BCUT2D eigenvalue weighted by Crippen LogP contribution is -2.43. The minimum atomic E-state index is -0.508. The first-order valence-corrected chi connectivity index (χ1v) is 12.0. The molecule has 3 atom stereocenters. The van der Waals surface area contributed by atoms with Crippen LogP contribution in [0.2, 0.25) is 0 Å². The summed E-state index contributed by atoms with van der Waals surface area (Å²) in [5, 5.41) is 0. The Kier molecular flexibility index (Phi) is 4.89. The van der Waals surface area contributed by atoms with Crippen LogP contribution in [0.4, 0.5) is 4.79 Å². The molecule has 2 aliphatic heterocycles. The van der Waals surface area contributed by atoms with Gasteiger partial charge in [0.15, 0.2) is 0 Å². The topological polar surface area (TPSA) is 76.7 Å². The molecule has 1 N–H and O–H groups in total. The van der Waals surface area contributed by atoms with E-state index in [1.165, 1.54) is 0 Å². The SMILES string of the molecule is CC(C)(C)OC(=O)N1[C@@H]2CC[C@@H](C2)[C@H]1c1nc2c([nH]1)C=C(B1OC(C)(C)C(C)(C)O1)CC2. The third-order valence-corrected chi connectivity index (χ3v) is 7.83. The molecule has 2 bridgehead atoms. The van der Waals surface area contributed by atoms with Crippen LogP contribution in [0.1, 0.15) is 97.4 Å². The summed E-state index contributed by atoms with van der Waals surface area (Å²) in [5.41, 5.74) is 2.01. The first kappa shape index (κ1) is 22.0. The molecule has 3 fully saturated rings. The van der Waals surface area contributed by atoms with Crippen molar-refractivity contribution in [3.05, 3.63) is 22.7 Å². The van der Waals surface area contributed by atoms with E-state index in [0.717, 1.165) is 54.8 Å². The maximum atomic E-state index is 13.0. The van der Waals surface area contributed by atoms with Crippen molar-refractivity contribution in [2.75, 3.05) is 0 Å². The molecular formula is C24H36BN3O4. The summed E-state index contributed by atoms with van der Waals surface area (Å²) in [7, 11) is -0.333. The summed E-state index contributed by atoms with van der Waals surface area (Å²) in [6, 6.07) is 0.209. The van der Waals surface area contributed by atoms with Crippen LogP contribution in [-0.4, -0.2) is 50.9 Å². The zero-order chi connectivity index (χ0) is 23.1. The molecule has 174 valence electrons. The highest BCUT2D eigenvalue weighted by Crippen LogP contribution is 2.50. The van der Waals surface area contributed by atoms with E-state index < -0.39 is 5.60 Å². The van der Waals surface area contributed by atoms with Gasteiger partial charge in [0.05, 0.1) is 28.6 Å². The Hall–Kier alpha value is -1.80. The normalized spacial score (nSPS) is 30.5. The lowest BCUT2D eigenvalue weighted by molar-refractivity contribution is 0.00578. The number of likely N-dealkylation sites (tertiary alicyclic amines) is 1. The zero-order valence-electron chi connectivity index (χ0n) is 20.4. The van der Waals surface area contributed by atoms with E-state index in [0.29, 0.717) is 5.92 Å². The number of ether oxygens (including phenoxy) is 1.